The van der Waals surface area contributed by atoms with E-state index in [1.54, 1.807) is 12.3 Å². The average molecular weight is 483 g/mol. The molecule has 5 rings (SSSR count). The third-order valence-electron chi connectivity index (χ3n) is 7.91. The van der Waals surface area contributed by atoms with Gasteiger partial charge in [0.2, 0.25) is 5.91 Å². The summed E-state index contributed by atoms with van der Waals surface area (Å²) in [5, 5.41) is 6.81. The molecule has 2 aromatic rings. The highest BCUT2D eigenvalue weighted by Crippen LogP contribution is 2.40. The van der Waals surface area contributed by atoms with Gasteiger partial charge in [-0.2, -0.15) is 4.68 Å². The number of hydrogen-bond donors (Lipinski definition) is 1. The van der Waals surface area contributed by atoms with Gasteiger partial charge in [-0.15, -0.1) is 5.10 Å². The van der Waals surface area contributed by atoms with Gasteiger partial charge in [0.15, 0.2) is 5.82 Å². The van der Waals surface area contributed by atoms with Gasteiger partial charge >= 0.3 is 6.03 Å². The second-order valence-corrected chi connectivity index (χ2v) is 10.1. The molecule has 3 saturated heterocycles. The number of hydrogen-bond acceptors (Lipinski definition) is 5. The molecule has 4 heterocycles. The van der Waals surface area contributed by atoms with Crippen molar-refractivity contribution in [3.63, 3.8) is 0 Å². The summed E-state index contributed by atoms with van der Waals surface area (Å²) in [6.45, 7) is 6.30. The van der Waals surface area contributed by atoms with E-state index in [-0.39, 0.29) is 17.5 Å². The van der Waals surface area contributed by atoms with Crippen molar-refractivity contribution in [1.29, 1.82) is 0 Å². The molecular weight excluding hydrogens is 447 g/mol. The van der Waals surface area contributed by atoms with Crippen LogP contribution in [0.4, 0.5) is 20.7 Å². The normalized spacial score (nSPS) is 21.0. The summed E-state index contributed by atoms with van der Waals surface area (Å²) in [5.74, 6) is 0.174. The molecule has 1 N–H and O–H groups in total. The van der Waals surface area contributed by atoms with E-state index in [4.69, 9.17) is 0 Å². The van der Waals surface area contributed by atoms with Crippen LogP contribution in [0.1, 0.15) is 51.0 Å². The first kappa shape index (κ1) is 23.8. The quantitative estimate of drug-likeness (QED) is 0.716. The van der Waals surface area contributed by atoms with Gasteiger partial charge in [-0.1, -0.05) is 18.2 Å². The molecule has 0 atom stereocenters. The van der Waals surface area contributed by atoms with Crippen molar-refractivity contribution in [2.24, 2.45) is 0 Å². The van der Waals surface area contributed by atoms with E-state index in [0.717, 1.165) is 45.4 Å². The average Bonchev–Trinajstić information content (AvgIpc) is 3.47. The van der Waals surface area contributed by atoms with Gasteiger partial charge in [-0.05, 0) is 56.7 Å². The molecule has 9 heteroatoms. The molecule has 1 aromatic carbocycles. The summed E-state index contributed by atoms with van der Waals surface area (Å²) in [4.78, 5) is 31.1. The summed E-state index contributed by atoms with van der Waals surface area (Å²) in [5.41, 5.74) is 2.66. The maximum atomic E-state index is 13.7. The van der Waals surface area contributed by atoms with Crippen LogP contribution in [0.25, 0.3) is 0 Å². The Kier molecular flexibility index (Phi) is 6.77. The molecule has 0 saturated carbocycles. The molecule has 35 heavy (non-hydrogen) atoms. The second-order valence-electron chi connectivity index (χ2n) is 10.1. The summed E-state index contributed by atoms with van der Waals surface area (Å²) in [6, 6.07) is 10.1. The number of carbonyl (C=O) groups excluding carboxylic acids is 2. The molecule has 0 radical (unpaired) electrons. The van der Waals surface area contributed by atoms with Gasteiger partial charge in [-0.25, -0.2) is 9.18 Å². The Morgan fingerprint density at radius 3 is 2.54 bits per heavy atom. The van der Waals surface area contributed by atoms with Crippen LogP contribution < -0.4 is 10.2 Å². The second kappa shape index (κ2) is 9.97. The molecule has 1 spiro atoms. The number of halogens is 1. The number of nitrogens with one attached hydrogen (secondary N) is 1. The fraction of sp³-hybridized carbons (Fsp3) is 0.577. The van der Waals surface area contributed by atoms with E-state index in [0.29, 0.717) is 31.7 Å². The lowest BCUT2D eigenvalue weighted by atomic mass is 9.84. The van der Waals surface area contributed by atoms with Gasteiger partial charge in [0, 0.05) is 63.1 Å². The van der Waals surface area contributed by atoms with Crippen LogP contribution in [0.15, 0.2) is 36.5 Å². The van der Waals surface area contributed by atoms with Crippen molar-refractivity contribution in [2.45, 2.75) is 63.7 Å². The highest BCUT2D eigenvalue weighted by Gasteiger charge is 2.44. The first-order chi connectivity index (χ1) is 16.9. The molecule has 3 aliphatic heterocycles. The Morgan fingerprint density at radius 1 is 1.06 bits per heavy atom. The van der Waals surface area contributed by atoms with Crippen molar-refractivity contribution >= 4 is 23.4 Å². The molecule has 8 nitrogen and oxygen atoms in total. The number of nitrogens with zero attached hydrogens (tertiary/aromatic N) is 5. The number of aromatic nitrogens is 2. The third-order valence-corrected chi connectivity index (χ3v) is 7.91. The van der Waals surface area contributed by atoms with E-state index in [9.17, 15) is 14.0 Å². The number of amides is 2. The first-order valence-corrected chi connectivity index (χ1v) is 12.8. The fourth-order valence-corrected chi connectivity index (χ4v) is 5.99. The SMILES string of the molecule is CC(=O)Nc1ccn(C(=O)N2CCC3(CCCN3Cc3ccccc3N3CCC(F)CC3)CC2)n1. The minimum absolute atomic E-state index is 0.112. The van der Waals surface area contributed by atoms with E-state index >= 15 is 0 Å². The van der Waals surface area contributed by atoms with E-state index < -0.39 is 6.17 Å². The van der Waals surface area contributed by atoms with Gasteiger partial charge in [0.1, 0.15) is 6.17 Å². The van der Waals surface area contributed by atoms with Crippen LogP contribution in [0.2, 0.25) is 0 Å². The van der Waals surface area contributed by atoms with Gasteiger partial charge in [-0.3, -0.25) is 9.69 Å². The standard InChI is InChI=1S/C26H35FN6O2/c1-20(34)28-24-9-16-33(29-24)25(35)31-17-11-26(12-18-31)10-4-13-32(26)19-21-5-2-3-6-23(21)30-14-7-22(27)8-15-30/h2-3,5-6,9,16,22H,4,7-8,10-15,17-19H2,1H3,(H,28,29,34). The van der Waals surface area contributed by atoms with E-state index in [2.05, 4.69) is 44.5 Å². The molecule has 188 valence electrons. The topological polar surface area (TPSA) is 73.7 Å². The lowest BCUT2D eigenvalue weighted by Crippen LogP contribution is -2.53. The van der Waals surface area contributed by atoms with Gasteiger partial charge in [0.05, 0.1) is 0 Å². The zero-order chi connectivity index (χ0) is 24.4. The largest absolute Gasteiger partial charge is 0.371 e. The summed E-state index contributed by atoms with van der Waals surface area (Å²) < 4.78 is 15.0. The Labute approximate surface area is 206 Å². The highest BCUT2D eigenvalue weighted by atomic mass is 19.1. The van der Waals surface area contributed by atoms with Crippen LogP contribution in [-0.4, -0.2) is 76.0 Å². The highest BCUT2D eigenvalue weighted by molar-refractivity contribution is 5.88. The van der Waals surface area contributed by atoms with Crippen LogP contribution >= 0.6 is 0 Å². The Balaban J connectivity index is 1.24. The van der Waals surface area contributed by atoms with Crippen molar-refractivity contribution < 1.29 is 14.0 Å². The Hall–Kier alpha value is -2.94. The van der Waals surface area contributed by atoms with E-state index in [1.165, 1.54) is 29.3 Å². The van der Waals surface area contributed by atoms with Crippen molar-refractivity contribution in [2.75, 3.05) is 42.9 Å². The monoisotopic (exact) mass is 482 g/mol. The Bertz CT molecular complexity index is 1060. The number of alkyl halides is 1. The van der Waals surface area contributed by atoms with Crippen LogP contribution in [-0.2, 0) is 11.3 Å². The predicted octanol–water partition coefficient (Wildman–Crippen LogP) is 3.88. The number of piperidine rings is 2. The van der Waals surface area contributed by atoms with Crippen LogP contribution in [0.3, 0.4) is 0 Å². The lowest BCUT2D eigenvalue weighted by Gasteiger charge is -2.45. The summed E-state index contributed by atoms with van der Waals surface area (Å²) in [7, 11) is 0. The molecule has 2 amide bonds. The van der Waals surface area contributed by atoms with Crippen LogP contribution in [0.5, 0.6) is 0 Å². The molecule has 1 aromatic heterocycles. The smallest absolute Gasteiger partial charge is 0.344 e. The van der Waals surface area contributed by atoms with Crippen molar-refractivity contribution in [1.82, 2.24) is 19.6 Å². The first-order valence-electron chi connectivity index (χ1n) is 12.8. The van der Waals surface area contributed by atoms with Crippen LogP contribution in [0, 0.1) is 0 Å². The molecule has 3 aliphatic rings. The Morgan fingerprint density at radius 2 is 1.80 bits per heavy atom. The molecular formula is C26H35FN6O2. The molecule has 0 bridgehead atoms. The zero-order valence-corrected chi connectivity index (χ0v) is 20.5. The summed E-state index contributed by atoms with van der Waals surface area (Å²) in [6.07, 6.45) is 6.33. The van der Waals surface area contributed by atoms with Gasteiger partial charge < -0.3 is 15.1 Å². The van der Waals surface area contributed by atoms with Crippen molar-refractivity contribution in [3.05, 3.63) is 42.1 Å². The zero-order valence-electron chi connectivity index (χ0n) is 20.5. The molecule has 0 aliphatic carbocycles. The number of para-hydroxylation sites is 1. The number of likely N-dealkylation sites (tertiary alicyclic amines) is 2. The van der Waals surface area contributed by atoms with E-state index in [1.807, 2.05) is 4.90 Å². The minimum Gasteiger partial charge on any atom is -0.371 e. The predicted molar refractivity (Wildman–Crippen MR) is 133 cm³/mol. The lowest BCUT2D eigenvalue weighted by molar-refractivity contribution is -0.114. The van der Waals surface area contributed by atoms with Crippen molar-refractivity contribution in [3.8, 4) is 0 Å². The molecule has 0 unspecified atom stereocenters. The maximum absolute atomic E-state index is 13.7. The maximum Gasteiger partial charge on any atom is 0.344 e. The summed E-state index contributed by atoms with van der Waals surface area (Å²) >= 11 is 0. The third kappa shape index (κ3) is 5.05. The molecule has 3 fully saturated rings. The number of rotatable bonds is 4. The number of benzene rings is 1. The van der Waals surface area contributed by atoms with Gasteiger partial charge in [0.25, 0.3) is 0 Å². The minimum atomic E-state index is -0.674. The number of carbonyl (C=O) groups is 2. The number of anilines is 2. The fourth-order valence-electron chi connectivity index (χ4n) is 5.99.